The van der Waals surface area contributed by atoms with E-state index in [0.717, 1.165) is 0 Å². The molecule has 0 radical (unpaired) electrons. The standard InChI is InChI=1S/C13H19BO2/c15-14(16)13-9-7-12(8-10-13)11-5-3-1-2-4-6-11/h7-11,15-16H,1-6H2. The molecule has 0 atom stereocenters. The topological polar surface area (TPSA) is 40.5 Å². The predicted octanol–water partition coefficient (Wildman–Crippen LogP) is 1.80. The van der Waals surface area contributed by atoms with Gasteiger partial charge < -0.3 is 10.0 Å². The molecule has 0 bridgehead atoms. The van der Waals surface area contributed by atoms with Gasteiger partial charge in [-0.1, -0.05) is 49.9 Å². The molecule has 0 spiro atoms. The van der Waals surface area contributed by atoms with Crippen LogP contribution in [0.1, 0.15) is 50.0 Å². The molecular weight excluding hydrogens is 199 g/mol. The normalized spacial score (nSPS) is 18.1. The van der Waals surface area contributed by atoms with Crippen molar-refractivity contribution in [3.05, 3.63) is 29.8 Å². The van der Waals surface area contributed by atoms with Crippen molar-refractivity contribution in [1.82, 2.24) is 0 Å². The second kappa shape index (κ2) is 5.51. The maximum absolute atomic E-state index is 9.03. The van der Waals surface area contributed by atoms with Crippen LogP contribution in [0.4, 0.5) is 0 Å². The molecule has 2 N–H and O–H groups in total. The zero-order valence-electron chi connectivity index (χ0n) is 9.60. The highest BCUT2D eigenvalue weighted by atomic mass is 16.4. The molecule has 16 heavy (non-hydrogen) atoms. The van der Waals surface area contributed by atoms with Crippen LogP contribution in [0.25, 0.3) is 0 Å². The maximum Gasteiger partial charge on any atom is 0.488 e. The summed E-state index contributed by atoms with van der Waals surface area (Å²) in [4.78, 5) is 0. The monoisotopic (exact) mass is 218 g/mol. The Hall–Kier alpha value is -0.795. The Kier molecular flexibility index (Phi) is 4.02. The lowest BCUT2D eigenvalue weighted by atomic mass is 9.79. The van der Waals surface area contributed by atoms with Crippen LogP contribution in [0.3, 0.4) is 0 Å². The summed E-state index contributed by atoms with van der Waals surface area (Å²) < 4.78 is 0. The van der Waals surface area contributed by atoms with E-state index in [0.29, 0.717) is 11.4 Å². The molecule has 2 nitrogen and oxygen atoms in total. The van der Waals surface area contributed by atoms with E-state index in [1.54, 1.807) is 0 Å². The predicted molar refractivity (Wildman–Crippen MR) is 66.7 cm³/mol. The largest absolute Gasteiger partial charge is 0.488 e. The molecule has 0 saturated heterocycles. The first-order valence-electron chi connectivity index (χ1n) is 6.23. The molecule has 1 aliphatic rings. The smallest absolute Gasteiger partial charge is 0.423 e. The van der Waals surface area contributed by atoms with E-state index >= 15 is 0 Å². The molecule has 0 heterocycles. The summed E-state index contributed by atoms with van der Waals surface area (Å²) >= 11 is 0. The fourth-order valence-electron chi connectivity index (χ4n) is 2.55. The first kappa shape index (κ1) is 11.7. The molecule has 1 saturated carbocycles. The van der Waals surface area contributed by atoms with Gasteiger partial charge in [0.15, 0.2) is 0 Å². The zero-order chi connectivity index (χ0) is 11.4. The number of hydrogen-bond acceptors (Lipinski definition) is 2. The fraction of sp³-hybridized carbons (Fsp3) is 0.538. The summed E-state index contributed by atoms with van der Waals surface area (Å²) in [6.45, 7) is 0. The SMILES string of the molecule is OB(O)c1ccc(C2CCCCCC2)cc1. The van der Waals surface area contributed by atoms with Gasteiger partial charge in [-0.2, -0.15) is 0 Å². The van der Waals surface area contributed by atoms with Crippen LogP contribution in [0.2, 0.25) is 0 Å². The van der Waals surface area contributed by atoms with Crippen molar-refractivity contribution >= 4 is 12.6 Å². The summed E-state index contributed by atoms with van der Waals surface area (Å²) in [6, 6.07) is 7.74. The highest BCUT2D eigenvalue weighted by molar-refractivity contribution is 6.58. The molecule has 1 fully saturated rings. The average Bonchev–Trinajstić information content (AvgIpc) is 2.57. The first-order chi connectivity index (χ1) is 7.77. The lowest BCUT2D eigenvalue weighted by molar-refractivity contribution is 0.425. The molecule has 1 aromatic carbocycles. The van der Waals surface area contributed by atoms with E-state index in [4.69, 9.17) is 10.0 Å². The molecule has 2 rings (SSSR count). The van der Waals surface area contributed by atoms with E-state index < -0.39 is 7.12 Å². The van der Waals surface area contributed by atoms with Crippen LogP contribution < -0.4 is 5.46 Å². The Labute approximate surface area is 97.5 Å². The first-order valence-corrected chi connectivity index (χ1v) is 6.23. The highest BCUT2D eigenvalue weighted by Gasteiger charge is 2.15. The Bertz CT molecular complexity index is 313. The second-order valence-electron chi connectivity index (χ2n) is 4.73. The van der Waals surface area contributed by atoms with Crippen molar-refractivity contribution in [2.45, 2.75) is 44.4 Å². The molecule has 0 aliphatic heterocycles. The van der Waals surface area contributed by atoms with Crippen LogP contribution >= 0.6 is 0 Å². The molecule has 0 unspecified atom stereocenters. The summed E-state index contributed by atoms with van der Waals surface area (Å²) in [7, 11) is -1.34. The molecule has 0 amide bonds. The minimum Gasteiger partial charge on any atom is -0.423 e. The van der Waals surface area contributed by atoms with Crippen molar-refractivity contribution in [3.8, 4) is 0 Å². The van der Waals surface area contributed by atoms with Gasteiger partial charge in [-0.05, 0) is 29.8 Å². The van der Waals surface area contributed by atoms with Gasteiger partial charge >= 0.3 is 7.12 Å². The van der Waals surface area contributed by atoms with E-state index in [9.17, 15) is 0 Å². The van der Waals surface area contributed by atoms with Gasteiger partial charge in [-0.25, -0.2) is 0 Å². The van der Waals surface area contributed by atoms with Gasteiger partial charge in [-0.15, -0.1) is 0 Å². The van der Waals surface area contributed by atoms with Crippen molar-refractivity contribution in [3.63, 3.8) is 0 Å². The van der Waals surface area contributed by atoms with Crippen LogP contribution in [0.5, 0.6) is 0 Å². The van der Waals surface area contributed by atoms with Crippen LogP contribution in [0.15, 0.2) is 24.3 Å². The Morgan fingerprint density at radius 1 is 0.875 bits per heavy atom. The summed E-state index contributed by atoms with van der Waals surface area (Å²) in [5.74, 6) is 0.674. The van der Waals surface area contributed by atoms with Crippen molar-refractivity contribution < 1.29 is 10.0 Å². The average molecular weight is 218 g/mol. The van der Waals surface area contributed by atoms with Crippen molar-refractivity contribution in [2.24, 2.45) is 0 Å². The zero-order valence-corrected chi connectivity index (χ0v) is 9.60. The third kappa shape index (κ3) is 2.86. The fourth-order valence-corrected chi connectivity index (χ4v) is 2.55. The lowest BCUT2D eigenvalue weighted by Gasteiger charge is -2.14. The number of benzene rings is 1. The summed E-state index contributed by atoms with van der Waals surface area (Å²) in [6.07, 6.45) is 7.94. The highest BCUT2D eigenvalue weighted by Crippen LogP contribution is 2.30. The van der Waals surface area contributed by atoms with Gasteiger partial charge in [-0.3, -0.25) is 0 Å². The maximum atomic E-state index is 9.03. The van der Waals surface area contributed by atoms with E-state index in [-0.39, 0.29) is 0 Å². The third-order valence-corrected chi connectivity index (χ3v) is 3.56. The van der Waals surface area contributed by atoms with Gasteiger partial charge in [0.2, 0.25) is 0 Å². The van der Waals surface area contributed by atoms with Gasteiger partial charge in [0.1, 0.15) is 0 Å². The van der Waals surface area contributed by atoms with Crippen molar-refractivity contribution in [2.75, 3.05) is 0 Å². The van der Waals surface area contributed by atoms with Crippen molar-refractivity contribution in [1.29, 1.82) is 0 Å². The van der Waals surface area contributed by atoms with Crippen LogP contribution in [0, 0.1) is 0 Å². The van der Waals surface area contributed by atoms with E-state index in [1.807, 2.05) is 24.3 Å². The summed E-state index contributed by atoms with van der Waals surface area (Å²) in [5.41, 5.74) is 1.93. The Balaban J connectivity index is 2.07. The van der Waals surface area contributed by atoms with Gasteiger partial charge in [0, 0.05) is 0 Å². The minimum absolute atomic E-state index is 0.581. The molecule has 3 heteroatoms. The quantitative estimate of drug-likeness (QED) is 0.587. The van der Waals surface area contributed by atoms with E-state index in [2.05, 4.69) is 0 Å². The molecule has 1 aliphatic carbocycles. The molecule has 1 aromatic rings. The van der Waals surface area contributed by atoms with Crippen LogP contribution in [-0.2, 0) is 0 Å². The Morgan fingerprint density at radius 2 is 1.44 bits per heavy atom. The van der Waals surface area contributed by atoms with Gasteiger partial charge in [0.05, 0.1) is 0 Å². The lowest BCUT2D eigenvalue weighted by Crippen LogP contribution is -2.29. The van der Waals surface area contributed by atoms with E-state index in [1.165, 1.54) is 44.1 Å². The minimum atomic E-state index is -1.34. The number of rotatable bonds is 2. The molecule has 0 aromatic heterocycles. The number of hydrogen-bond donors (Lipinski definition) is 2. The molecule has 86 valence electrons. The second-order valence-corrected chi connectivity index (χ2v) is 4.73. The molecular formula is C13H19BO2. The Morgan fingerprint density at radius 3 is 1.94 bits per heavy atom. The summed E-state index contributed by atoms with van der Waals surface area (Å²) in [5, 5.41) is 18.1. The van der Waals surface area contributed by atoms with Gasteiger partial charge in [0.25, 0.3) is 0 Å². The van der Waals surface area contributed by atoms with Crippen LogP contribution in [-0.4, -0.2) is 17.2 Å². The third-order valence-electron chi connectivity index (χ3n) is 3.56.